The third-order valence-corrected chi connectivity index (χ3v) is 3.79. The molecule has 2 rings (SSSR count). The molecule has 1 aliphatic heterocycles. The Morgan fingerprint density at radius 1 is 1.41 bits per heavy atom. The van der Waals surface area contributed by atoms with Crippen molar-refractivity contribution in [1.82, 2.24) is 4.90 Å². The molecule has 2 amide bonds. The maximum Gasteiger partial charge on any atom is 0.253 e. The average molecular weight is 304 g/mol. The summed E-state index contributed by atoms with van der Waals surface area (Å²) >= 11 is 0. The molecule has 120 valence electrons. The molecule has 1 aromatic rings. The number of hydrogen-bond donors (Lipinski definition) is 1. The first-order valence-electron chi connectivity index (χ1n) is 7.84. The van der Waals surface area contributed by atoms with Crippen LogP contribution < -0.4 is 5.32 Å². The van der Waals surface area contributed by atoms with E-state index in [4.69, 9.17) is 4.74 Å². The van der Waals surface area contributed by atoms with Crippen LogP contribution in [-0.2, 0) is 9.53 Å². The summed E-state index contributed by atoms with van der Waals surface area (Å²) in [4.78, 5) is 25.6. The molecule has 5 heteroatoms. The van der Waals surface area contributed by atoms with E-state index in [1.54, 1.807) is 24.3 Å². The molecule has 0 bridgehead atoms. The Bertz CT molecular complexity index is 530. The molecule has 1 aromatic carbocycles. The van der Waals surface area contributed by atoms with Crippen molar-refractivity contribution in [1.29, 1.82) is 0 Å². The first-order valence-corrected chi connectivity index (χ1v) is 7.84. The zero-order valence-corrected chi connectivity index (χ0v) is 13.3. The van der Waals surface area contributed by atoms with E-state index in [1.807, 2.05) is 11.8 Å². The van der Waals surface area contributed by atoms with Crippen molar-refractivity contribution in [2.75, 3.05) is 31.6 Å². The van der Waals surface area contributed by atoms with Crippen molar-refractivity contribution in [3.8, 4) is 0 Å². The largest absolute Gasteiger partial charge is 0.381 e. The van der Waals surface area contributed by atoms with Gasteiger partial charge in [0.15, 0.2) is 0 Å². The molecular weight excluding hydrogens is 280 g/mol. The van der Waals surface area contributed by atoms with Crippen molar-refractivity contribution in [3.63, 3.8) is 0 Å². The normalized spacial score (nSPS) is 18.1. The zero-order valence-electron chi connectivity index (χ0n) is 13.3. The fourth-order valence-corrected chi connectivity index (χ4v) is 2.79. The molecule has 0 aromatic heterocycles. The molecule has 22 heavy (non-hydrogen) atoms. The lowest BCUT2D eigenvalue weighted by molar-refractivity contribution is -0.114. The van der Waals surface area contributed by atoms with Crippen LogP contribution in [0.4, 0.5) is 5.69 Å². The molecule has 1 atom stereocenters. The molecule has 1 aliphatic rings. The molecular formula is C17H24N2O3. The topological polar surface area (TPSA) is 58.6 Å². The van der Waals surface area contributed by atoms with Gasteiger partial charge in [0.2, 0.25) is 5.91 Å². The number of nitrogens with one attached hydrogen (secondary N) is 1. The summed E-state index contributed by atoms with van der Waals surface area (Å²) in [6, 6.07) is 7.10. The van der Waals surface area contributed by atoms with Gasteiger partial charge in [-0.3, -0.25) is 9.59 Å². The van der Waals surface area contributed by atoms with Crippen molar-refractivity contribution in [2.45, 2.75) is 26.7 Å². The highest BCUT2D eigenvalue weighted by atomic mass is 16.5. The number of likely N-dealkylation sites (tertiary alicyclic amines) is 1. The van der Waals surface area contributed by atoms with Gasteiger partial charge in [0.25, 0.3) is 5.91 Å². The Hall–Kier alpha value is -1.88. The Morgan fingerprint density at radius 3 is 2.95 bits per heavy atom. The predicted molar refractivity (Wildman–Crippen MR) is 85.9 cm³/mol. The third-order valence-electron chi connectivity index (χ3n) is 3.79. The second kappa shape index (κ2) is 7.94. The van der Waals surface area contributed by atoms with Gasteiger partial charge in [0.05, 0.1) is 6.61 Å². The summed E-state index contributed by atoms with van der Waals surface area (Å²) in [5.41, 5.74) is 1.27. The van der Waals surface area contributed by atoms with E-state index in [9.17, 15) is 9.59 Å². The average Bonchev–Trinajstić information content (AvgIpc) is 2.52. The summed E-state index contributed by atoms with van der Waals surface area (Å²) in [7, 11) is 0. The van der Waals surface area contributed by atoms with Crippen LogP contribution in [-0.4, -0.2) is 43.0 Å². The van der Waals surface area contributed by atoms with Gasteiger partial charge in [-0.05, 0) is 43.9 Å². The molecule has 1 heterocycles. The third kappa shape index (κ3) is 4.56. The van der Waals surface area contributed by atoms with Gasteiger partial charge in [-0.25, -0.2) is 0 Å². The van der Waals surface area contributed by atoms with Crippen LogP contribution in [0.15, 0.2) is 24.3 Å². The van der Waals surface area contributed by atoms with Crippen LogP contribution in [0.3, 0.4) is 0 Å². The molecule has 0 spiro atoms. The monoisotopic (exact) mass is 304 g/mol. The van der Waals surface area contributed by atoms with Crippen LogP contribution in [0.5, 0.6) is 0 Å². The van der Waals surface area contributed by atoms with Gasteiger partial charge >= 0.3 is 0 Å². The van der Waals surface area contributed by atoms with E-state index in [0.717, 1.165) is 25.9 Å². The second-order valence-electron chi connectivity index (χ2n) is 5.68. The van der Waals surface area contributed by atoms with Crippen molar-refractivity contribution >= 4 is 17.5 Å². The van der Waals surface area contributed by atoms with Crippen LogP contribution in [0, 0.1) is 5.92 Å². The second-order valence-corrected chi connectivity index (χ2v) is 5.68. The minimum absolute atomic E-state index is 0.0217. The molecule has 1 saturated heterocycles. The molecule has 5 nitrogen and oxygen atoms in total. The lowest BCUT2D eigenvalue weighted by Gasteiger charge is -2.32. The lowest BCUT2D eigenvalue weighted by atomic mass is 9.98. The predicted octanol–water partition coefficient (Wildman–Crippen LogP) is 2.53. The van der Waals surface area contributed by atoms with E-state index < -0.39 is 0 Å². The molecule has 0 saturated carbocycles. The minimum Gasteiger partial charge on any atom is -0.381 e. The summed E-state index contributed by atoms with van der Waals surface area (Å²) in [5.74, 6) is 0.295. The number of hydrogen-bond acceptors (Lipinski definition) is 3. The first-order chi connectivity index (χ1) is 10.6. The Kier molecular flexibility index (Phi) is 5.95. The van der Waals surface area contributed by atoms with Gasteiger partial charge in [-0.1, -0.05) is 6.07 Å². The quantitative estimate of drug-likeness (QED) is 0.909. The Morgan fingerprint density at radius 2 is 2.23 bits per heavy atom. The maximum absolute atomic E-state index is 12.6. The van der Waals surface area contributed by atoms with Crippen LogP contribution in [0.25, 0.3) is 0 Å². The fourth-order valence-electron chi connectivity index (χ4n) is 2.79. The highest BCUT2D eigenvalue weighted by molar-refractivity contribution is 5.96. The summed E-state index contributed by atoms with van der Waals surface area (Å²) in [6.45, 7) is 6.39. The highest BCUT2D eigenvalue weighted by Crippen LogP contribution is 2.20. The van der Waals surface area contributed by atoms with Gasteiger partial charge in [0, 0.05) is 37.9 Å². The van der Waals surface area contributed by atoms with E-state index in [2.05, 4.69) is 5.32 Å². The SMILES string of the molecule is CCOCC1CCCN(C(=O)c2cccc(NC(C)=O)c2)C1. The lowest BCUT2D eigenvalue weighted by Crippen LogP contribution is -2.41. The summed E-state index contributed by atoms with van der Waals surface area (Å²) in [6.07, 6.45) is 2.12. The first kappa shape index (κ1) is 16.5. The number of piperidine rings is 1. The number of ether oxygens (including phenoxy) is 1. The van der Waals surface area contributed by atoms with Crippen LogP contribution in [0.1, 0.15) is 37.0 Å². The summed E-state index contributed by atoms with van der Waals surface area (Å²) < 4.78 is 5.48. The van der Waals surface area contributed by atoms with Gasteiger partial charge < -0.3 is 15.0 Å². The number of amides is 2. The molecule has 1 fully saturated rings. The van der Waals surface area contributed by atoms with Gasteiger partial charge in [0.1, 0.15) is 0 Å². The number of carbonyl (C=O) groups excluding carboxylic acids is 2. The van der Waals surface area contributed by atoms with Gasteiger partial charge in [-0.2, -0.15) is 0 Å². The maximum atomic E-state index is 12.6. The number of nitrogens with zero attached hydrogens (tertiary/aromatic N) is 1. The van der Waals surface area contributed by atoms with E-state index >= 15 is 0 Å². The number of rotatable bonds is 5. The van der Waals surface area contributed by atoms with Crippen molar-refractivity contribution < 1.29 is 14.3 Å². The molecule has 0 aliphatic carbocycles. The van der Waals surface area contributed by atoms with Crippen molar-refractivity contribution in [2.24, 2.45) is 5.92 Å². The molecule has 0 radical (unpaired) electrons. The Balaban J connectivity index is 2.02. The van der Waals surface area contributed by atoms with Crippen molar-refractivity contribution in [3.05, 3.63) is 29.8 Å². The van der Waals surface area contributed by atoms with Gasteiger partial charge in [-0.15, -0.1) is 0 Å². The minimum atomic E-state index is -0.139. The molecule has 1 N–H and O–H groups in total. The van der Waals surface area contributed by atoms with Crippen LogP contribution >= 0.6 is 0 Å². The zero-order chi connectivity index (χ0) is 15.9. The number of anilines is 1. The van der Waals surface area contributed by atoms with E-state index in [1.165, 1.54) is 6.92 Å². The highest BCUT2D eigenvalue weighted by Gasteiger charge is 2.24. The van der Waals surface area contributed by atoms with E-state index in [0.29, 0.717) is 30.4 Å². The Labute approximate surface area is 131 Å². The number of benzene rings is 1. The smallest absolute Gasteiger partial charge is 0.253 e. The molecule has 1 unspecified atom stereocenters. The summed E-state index contributed by atoms with van der Waals surface area (Å²) in [5, 5.41) is 2.71. The van der Waals surface area contributed by atoms with E-state index in [-0.39, 0.29) is 11.8 Å². The fraction of sp³-hybridized carbons (Fsp3) is 0.529. The standard InChI is InChI=1S/C17H24N2O3/c1-3-22-12-14-6-5-9-19(11-14)17(21)15-7-4-8-16(10-15)18-13(2)20/h4,7-8,10,14H,3,5-6,9,11-12H2,1-2H3,(H,18,20). The number of carbonyl (C=O) groups is 2. The van der Waals surface area contributed by atoms with Crippen LogP contribution in [0.2, 0.25) is 0 Å².